The fraction of sp³-hybridized carbons (Fsp3) is 1.00. The Kier molecular flexibility index (Phi) is 4.14. The summed E-state index contributed by atoms with van der Waals surface area (Å²) in [4.78, 5) is 0. The van der Waals surface area contributed by atoms with Crippen LogP contribution in [-0.2, 0) is 17.1 Å². The molecule has 0 nitrogen and oxygen atoms in total. The van der Waals surface area contributed by atoms with E-state index in [0.717, 1.165) is 29.6 Å². The van der Waals surface area contributed by atoms with E-state index >= 15 is 0 Å². The van der Waals surface area contributed by atoms with Crippen molar-refractivity contribution < 1.29 is 17.1 Å². The summed E-state index contributed by atoms with van der Waals surface area (Å²) in [6.07, 6.45) is 0. The minimum Gasteiger partial charge on any atom is -0.0620 e. The van der Waals surface area contributed by atoms with E-state index in [0.29, 0.717) is 0 Å². The first-order valence-corrected chi connectivity index (χ1v) is 4.55. The van der Waals surface area contributed by atoms with Crippen molar-refractivity contribution in [2.24, 2.45) is 29.6 Å². The van der Waals surface area contributed by atoms with E-state index in [9.17, 15) is 0 Å². The molecule has 0 aromatic carbocycles. The Morgan fingerprint density at radius 1 is 0.455 bits per heavy atom. The molecular weight excluding hydrogens is 175 g/mol. The topological polar surface area (TPSA) is 0 Å². The van der Waals surface area contributed by atoms with Gasteiger partial charge in [-0.25, -0.2) is 0 Å². The Hall–Kier alpha value is 0.519. The van der Waals surface area contributed by atoms with Crippen molar-refractivity contribution in [3.05, 3.63) is 0 Å². The summed E-state index contributed by atoms with van der Waals surface area (Å²) in [6, 6.07) is 0. The normalized spacial score (nSPS) is 50.5. The molecule has 1 fully saturated rings. The summed E-state index contributed by atoms with van der Waals surface area (Å²) in [5.41, 5.74) is 0. The van der Waals surface area contributed by atoms with Gasteiger partial charge in [0, 0.05) is 17.1 Å². The maximum Gasteiger partial charge on any atom is 0 e. The molecule has 1 aliphatic rings. The molecule has 1 saturated carbocycles. The molecule has 1 rings (SSSR count). The van der Waals surface area contributed by atoms with Gasteiger partial charge in [0.15, 0.2) is 0 Å². The largest absolute Gasteiger partial charge is 0.0620 e. The first-order chi connectivity index (χ1) is 4.55. The molecule has 0 N–H and O–H groups in total. The maximum atomic E-state index is 2.40. The maximum absolute atomic E-state index is 2.40. The van der Waals surface area contributed by atoms with Gasteiger partial charge in [0.2, 0.25) is 0 Å². The molecule has 0 unspecified atom stereocenters. The first kappa shape index (κ1) is 11.5. The van der Waals surface area contributed by atoms with Crippen LogP contribution in [0.1, 0.15) is 34.6 Å². The Bertz CT molecular complexity index is 77.2. The summed E-state index contributed by atoms with van der Waals surface area (Å²) in [7, 11) is 0. The van der Waals surface area contributed by atoms with Crippen LogP contribution in [0.3, 0.4) is 0 Å². The van der Waals surface area contributed by atoms with Crippen molar-refractivity contribution in [2.45, 2.75) is 34.6 Å². The van der Waals surface area contributed by atoms with E-state index in [1.807, 2.05) is 0 Å². The molecule has 0 heterocycles. The van der Waals surface area contributed by atoms with Crippen LogP contribution in [0.4, 0.5) is 0 Å². The van der Waals surface area contributed by atoms with Crippen LogP contribution < -0.4 is 0 Å². The fourth-order valence-electron chi connectivity index (χ4n) is 2.39. The Balaban J connectivity index is 0.000001000. The summed E-state index contributed by atoms with van der Waals surface area (Å²) in [6.45, 7) is 12.0. The van der Waals surface area contributed by atoms with Gasteiger partial charge in [0.05, 0.1) is 0 Å². The summed E-state index contributed by atoms with van der Waals surface area (Å²) >= 11 is 0. The van der Waals surface area contributed by atoms with Crippen LogP contribution in [0.5, 0.6) is 0 Å². The zero-order chi connectivity index (χ0) is 7.89. The van der Waals surface area contributed by atoms with E-state index in [4.69, 9.17) is 0 Å². The van der Waals surface area contributed by atoms with Gasteiger partial charge >= 0.3 is 0 Å². The van der Waals surface area contributed by atoms with Crippen molar-refractivity contribution in [2.75, 3.05) is 0 Å². The third-order valence-corrected chi connectivity index (χ3v) is 4.15. The molecule has 0 amide bonds. The van der Waals surface area contributed by atoms with Gasteiger partial charge in [-0.2, -0.15) is 0 Å². The summed E-state index contributed by atoms with van der Waals surface area (Å²) in [5, 5.41) is 0. The van der Waals surface area contributed by atoms with Crippen LogP contribution >= 0.6 is 0 Å². The zero-order valence-electron chi connectivity index (χ0n) is 8.26. The van der Waals surface area contributed by atoms with Gasteiger partial charge in [-0.05, 0) is 29.6 Å². The fourth-order valence-corrected chi connectivity index (χ4v) is 2.39. The molecule has 67 valence electrons. The van der Waals surface area contributed by atoms with Gasteiger partial charge in [-0.15, -0.1) is 0 Å². The van der Waals surface area contributed by atoms with Gasteiger partial charge in [0.25, 0.3) is 0 Å². The van der Waals surface area contributed by atoms with E-state index < -0.39 is 0 Å². The van der Waals surface area contributed by atoms with E-state index in [1.54, 1.807) is 0 Å². The molecule has 0 aromatic rings. The number of hydrogen-bond donors (Lipinski definition) is 0. The van der Waals surface area contributed by atoms with Crippen molar-refractivity contribution >= 4 is 0 Å². The minimum atomic E-state index is 0. The molecule has 11 heavy (non-hydrogen) atoms. The van der Waals surface area contributed by atoms with Crippen molar-refractivity contribution in [1.82, 2.24) is 0 Å². The molecule has 0 atom stereocenters. The van der Waals surface area contributed by atoms with Crippen LogP contribution in [0.25, 0.3) is 0 Å². The number of hydrogen-bond acceptors (Lipinski definition) is 0. The number of rotatable bonds is 0. The van der Waals surface area contributed by atoms with Crippen LogP contribution in [0, 0.1) is 29.6 Å². The second-order valence-corrected chi connectivity index (χ2v) is 4.30. The monoisotopic (exact) mass is 195 g/mol. The van der Waals surface area contributed by atoms with Crippen LogP contribution in [0.15, 0.2) is 0 Å². The third kappa shape index (κ3) is 1.81. The van der Waals surface area contributed by atoms with Crippen molar-refractivity contribution in [3.63, 3.8) is 0 Å². The molecular formula is C10H20Mn. The predicted octanol–water partition coefficient (Wildman–Crippen LogP) is 3.18. The Morgan fingerprint density at radius 2 is 0.545 bits per heavy atom. The molecule has 1 aliphatic carbocycles. The van der Waals surface area contributed by atoms with Crippen LogP contribution in [-0.4, -0.2) is 0 Å². The standard InChI is InChI=1S/C10H20.Mn/c1-6-7(2)9(4)10(5)8(6)3;/h6-10H,1-5H3;. The molecule has 0 aliphatic heterocycles. The summed E-state index contributed by atoms with van der Waals surface area (Å²) in [5.74, 6) is 4.68. The zero-order valence-corrected chi connectivity index (χ0v) is 9.45. The Morgan fingerprint density at radius 3 is 0.636 bits per heavy atom. The predicted molar refractivity (Wildman–Crippen MR) is 45.8 cm³/mol. The van der Waals surface area contributed by atoms with Crippen molar-refractivity contribution in [3.8, 4) is 0 Å². The van der Waals surface area contributed by atoms with Gasteiger partial charge in [-0.1, -0.05) is 34.6 Å². The van der Waals surface area contributed by atoms with E-state index in [-0.39, 0.29) is 17.1 Å². The second kappa shape index (κ2) is 3.96. The average molecular weight is 195 g/mol. The van der Waals surface area contributed by atoms with Crippen LogP contribution in [0.2, 0.25) is 0 Å². The first-order valence-electron chi connectivity index (χ1n) is 4.55. The van der Waals surface area contributed by atoms with Gasteiger partial charge < -0.3 is 0 Å². The van der Waals surface area contributed by atoms with E-state index in [1.165, 1.54) is 0 Å². The SMILES string of the molecule is CC1C(C)C(C)C(C)C1C.[Mn]. The van der Waals surface area contributed by atoms with Crippen molar-refractivity contribution in [1.29, 1.82) is 0 Å². The molecule has 0 bridgehead atoms. The second-order valence-electron chi connectivity index (χ2n) is 4.30. The molecule has 1 heteroatoms. The molecule has 0 saturated heterocycles. The quantitative estimate of drug-likeness (QED) is 0.521. The van der Waals surface area contributed by atoms with Gasteiger partial charge in [0.1, 0.15) is 0 Å². The minimum absolute atomic E-state index is 0. The Labute approximate surface area is 81.6 Å². The average Bonchev–Trinajstić information content (AvgIpc) is 2.07. The smallest absolute Gasteiger partial charge is 0 e. The molecule has 0 spiro atoms. The van der Waals surface area contributed by atoms with Gasteiger partial charge in [-0.3, -0.25) is 0 Å². The molecule has 0 aromatic heterocycles. The summed E-state index contributed by atoms with van der Waals surface area (Å²) < 4.78 is 0. The molecule has 1 radical (unpaired) electrons. The third-order valence-electron chi connectivity index (χ3n) is 4.15. The van der Waals surface area contributed by atoms with E-state index in [2.05, 4.69) is 34.6 Å².